The molecule has 3 atom stereocenters. The lowest BCUT2D eigenvalue weighted by Gasteiger charge is -2.14. The summed E-state index contributed by atoms with van der Waals surface area (Å²) in [6, 6.07) is 29.8. The molecule has 0 aliphatic heterocycles. The van der Waals surface area contributed by atoms with E-state index < -0.39 is 0 Å². The van der Waals surface area contributed by atoms with Gasteiger partial charge < -0.3 is 51.1 Å². The van der Waals surface area contributed by atoms with E-state index in [2.05, 4.69) is 93.1 Å². The molecule has 0 saturated heterocycles. The van der Waals surface area contributed by atoms with Gasteiger partial charge >= 0.3 is 0 Å². The molecule has 10 heteroatoms. The highest BCUT2D eigenvalue weighted by Crippen LogP contribution is 2.40. The first-order valence-corrected chi connectivity index (χ1v) is 20.0. The normalized spacial score (nSPS) is 12.5. The Hall–Kier alpha value is -5.14. The Kier molecular flexibility index (Phi) is 91.8. The van der Waals surface area contributed by atoms with Gasteiger partial charge in [0.2, 0.25) is 0 Å². The van der Waals surface area contributed by atoms with Gasteiger partial charge in [-0.15, -0.1) is 44.4 Å². The third kappa shape index (κ3) is 69.5. The number of likely N-dealkylation sites (N-methyl/N-ethyl adjacent to an activating group) is 1. The summed E-state index contributed by atoms with van der Waals surface area (Å²) in [6.45, 7) is 17.0. The van der Waals surface area contributed by atoms with Gasteiger partial charge in [0.1, 0.15) is 5.75 Å². The molecule has 2 aliphatic carbocycles. The summed E-state index contributed by atoms with van der Waals surface area (Å²) >= 11 is 0. The van der Waals surface area contributed by atoms with Crippen molar-refractivity contribution in [3.05, 3.63) is 141 Å². The monoisotopic (exact) mass is 866 g/mol. The van der Waals surface area contributed by atoms with E-state index in [1.165, 1.54) is 19.9 Å². The van der Waals surface area contributed by atoms with Gasteiger partial charge in [0.05, 0.1) is 19.8 Å². The van der Waals surface area contributed by atoms with Crippen LogP contribution in [-0.2, 0) is 14.2 Å². The summed E-state index contributed by atoms with van der Waals surface area (Å²) < 4.78 is 19.0. The third-order valence-corrected chi connectivity index (χ3v) is 6.26. The molecule has 0 amide bonds. The van der Waals surface area contributed by atoms with Gasteiger partial charge in [-0.3, -0.25) is 0 Å². The van der Waals surface area contributed by atoms with Gasteiger partial charge in [-0.25, -0.2) is 0 Å². The number of aliphatic hydroxyl groups excluding tert-OH is 1. The number of fused-ring (bicyclic) bond motifs is 2. The van der Waals surface area contributed by atoms with Crippen LogP contribution in [0.2, 0.25) is 0 Å². The summed E-state index contributed by atoms with van der Waals surface area (Å²) in [5, 5.41) is 18.7. The number of allylic oxidation sites excluding steroid dienone is 2. The Bertz CT molecular complexity index is 1200. The second-order valence-corrected chi connectivity index (χ2v) is 11.3. The van der Waals surface area contributed by atoms with Gasteiger partial charge in [-0.2, -0.15) is 0 Å². The lowest BCUT2D eigenvalue weighted by molar-refractivity contribution is 0.0825. The first-order valence-electron chi connectivity index (χ1n) is 20.0. The zero-order valence-electron chi connectivity index (χ0n) is 41.5. The molecule has 1 saturated carbocycles. The maximum absolute atomic E-state index is 7.00. The summed E-state index contributed by atoms with van der Waals surface area (Å²) in [5.74, 6) is 7.01. The predicted molar refractivity (Wildman–Crippen MR) is 278 cm³/mol. The second-order valence-electron chi connectivity index (χ2n) is 11.3. The highest BCUT2D eigenvalue weighted by Gasteiger charge is 2.35. The molecule has 354 valence electrons. The molecule has 0 aromatic heterocycles. The quantitative estimate of drug-likeness (QED) is 0.0962. The summed E-state index contributed by atoms with van der Waals surface area (Å²) in [6.07, 6.45) is 22.3. The Morgan fingerprint density at radius 1 is 0.694 bits per heavy atom. The number of anilines is 2. The minimum absolute atomic E-state index is 0.542. The van der Waals surface area contributed by atoms with E-state index in [4.69, 9.17) is 14.6 Å². The summed E-state index contributed by atoms with van der Waals surface area (Å²) in [4.78, 5) is 0. The van der Waals surface area contributed by atoms with Crippen molar-refractivity contribution in [2.45, 2.75) is 39.7 Å². The molecule has 10 nitrogen and oxygen atoms in total. The van der Waals surface area contributed by atoms with Crippen LogP contribution in [0.5, 0.6) is 5.75 Å². The van der Waals surface area contributed by atoms with Crippen molar-refractivity contribution in [3.63, 3.8) is 0 Å². The first kappa shape index (κ1) is 74.3. The molecule has 2 aliphatic rings. The largest absolute Gasteiger partial charge is 0.497 e. The number of benzene rings is 3. The van der Waals surface area contributed by atoms with E-state index in [1.807, 2.05) is 146 Å². The smallest absolute Gasteiger partial charge is 0.118 e. The molecular weight excluding hydrogens is 775 g/mol. The number of aliphatic hydroxyl groups is 1. The summed E-state index contributed by atoms with van der Waals surface area (Å²) in [5.41, 5.74) is 6.82. The number of ether oxygens (including phenoxy) is 4. The molecule has 3 aromatic carbocycles. The lowest BCUT2D eigenvalue weighted by atomic mass is 10.1. The Balaban J connectivity index is -0.0000000879. The van der Waals surface area contributed by atoms with Crippen molar-refractivity contribution in [1.29, 1.82) is 0 Å². The maximum Gasteiger partial charge on any atom is 0.118 e. The molecule has 0 heterocycles. The number of terminal acetylenes is 2. The Labute approximate surface area is 382 Å². The topological polar surface area (TPSA) is 131 Å². The van der Waals surface area contributed by atoms with Crippen molar-refractivity contribution in [3.8, 4) is 30.4 Å². The van der Waals surface area contributed by atoms with E-state index >= 15 is 0 Å². The fraction of sp³-hybridized carbons (Fsp3) is 0.423. The molecule has 3 unspecified atom stereocenters. The standard InChI is InChI=1S/C8H12O.2C7H9N.C7H8O.C4H9N.C4H8O.C3H6.2C3H4.C2H7N.C2H6O.CH5N.CH4O/c1-9-8-5-6-2-3-7(8)4-6;3*1-8-7-5-3-2-4-6-7;2*1-3-4-5-2;5*1-3-2;2*1-2/h2-3,6-8H,4-5H2,1H3;2*2-6,8H,1H3;2-6H,1H3;3,5H,1,4H2,2H3;3H,1,4H2,2H3;3H,1H2,2H3;2*1H,2H3;3H,1-2H3;1-2H3;2H2,1H3;2H,1H3. The van der Waals surface area contributed by atoms with Crippen molar-refractivity contribution in [2.75, 3.05) is 109 Å². The van der Waals surface area contributed by atoms with Crippen LogP contribution in [0.1, 0.15) is 33.6 Å². The first-order chi connectivity index (χ1) is 30.1. The Morgan fingerprint density at radius 2 is 1.05 bits per heavy atom. The molecule has 7 N–H and O–H groups in total. The van der Waals surface area contributed by atoms with Crippen LogP contribution >= 0.6 is 0 Å². The highest BCUT2D eigenvalue weighted by molar-refractivity contribution is 5.41. The average Bonchev–Trinajstić information content (AvgIpc) is 3.96. The molecule has 1 fully saturated rings. The van der Waals surface area contributed by atoms with Crippen molar-refractivity contribution >= 4 is 11.4 Å². The maximum atomic E-state index is 7.00. The minimum atomic E-state index is 0.542. The number of nitrogens with two attached hydrogens (primary N) is 1. The van der Waals surface area contributed by atoms with Crippen LogP contribution < -0.4 is 31.7 Å². The van der Waals surface area contributed by atoms with E-state index in [0.717, 1.165) is 42.6 Å². The van der Waals surface area contributed by atoms with Crippen LogP contribution in [0.25, 0.3) is 0 Å². The van der Waals surface area contributed by atoms with Crippen molar-refractivity contribution < 1.29 is 24.1 Å². The number of hydrogen-bond donors (Lipinski definition) is 6. The van der Waals surface area contributed by atoms with Crippen LogP contribution in [0.4, 0.5) is 11.4 Å². The lowest BCUT2D eigenvalue weighted by Crippen LogP contribution is -2.15. The molecule has 2 bridgehead atoms. The highest BCUT2D eigenvalue weighted by atomic mass is 16.5. The average molecular weight is 866 g/mol. The number of hydrogen-bond acceptors (Lipinski definition) is 10. The van der Waals surface area contributed by atoms with Crippen LogP contribution in [0.3, 0.4) is 0 Å². The van der Waals surface area contributed by atoms with E-state index in [9.17, 15) is 0 Å². The minimum Gasteiger partial charge on any atom is -0.497 e. The molecule has 5 rings (SSSR count). The van der Waals surface area contributed by atoms with Gasteiger partial charge in [-0.05, 0) is 104 Å². The molecule has 62 heavy (non-hydrogen) atoms. The number of methoxy groups -OCH3 is 4. The number of nitrogens with one attached hydrogen (secondary N) is 4. The van der Waals surface area contributed by atoms with Gasteiger partial charge in [0.25, 0.3) is 0 Å². The van der Waals surface area contributed by atoms with E-state index in [0.29, 0.717) is 12.7 Å². The number of para-hydroxylation sites is 3. The SMILES string of the molecule is C#CC.C#CC.C=CC.C=CCNC.C=CCOC.CN.CNC.CNc1ccccc1.CNc1ccccc1.CO.COC.COC1CC2C=CC1C2.COc1ccccc1. The molecular formula is C52H91N5O5. The van der Waals surface area contributed by atoms with Crippen LogP contribution in [0.15, 0.2) is 141 Å². The van der Waals surface area contributed by atoms with Crippen molar-refractivity contribution in [1.82, 2.24) is 10.6 Å². The van der Waals surface area contributed by atoms with Crippen LogP contribution in [0, 0.1) is 36.5 Å². The molecule has 3 aromatic rings. The zero-order valence-corrected chi connectivity index (χ0v) is 41.5. The molecule has 0 radical (unpaired) electrons. The predicted octanol–water partition coefficient (Wildman–Crippen LogP) is 9.71. The number of rotatable bonds is 8. The van der Waals surface area contributed by atoms with E-state index in [1.54, 1.807) is 54.4 Å². The Morgan fingerprint density at radius 3 is 1.18 bits per heavy atom. The van der Waals surface area contributed by atoms with E-state index in [-0.39, 0.29) is 0 Å². The van der Waals surface area contributed by atoms with Gasteiger partial charge in [0.15, 0.2) is 0 Å². The zero-order chi connectivity index (χ0) is 49.5. The summed E-state index contributed by atoms with van der Waals surface area (Å²) in [7, 11) is 20.3. The van der Waals surface area contributed by atoms with Gasteiger partial charge in [0, 0.05) is 73.5 Å². The van der Waals surface area contributed by atoms with Crippen molar-refractivity contribution in [2.24, 2.45) is 17.6 Å². The van der Waals surface area contributed by atoms with Gasteiger partial charge in [-0.1, -0.05) is 85.0 Å². The van der Waals surface area contributed by atoms with Crippen LogP contribution in [-0.4, -0.2) is 109 Å². The fourth-order valence-corrected chi connectivity index (χ4v) is 4.03. The molecule has 0 spiro atoms. The second kappa shape index (κ2) is 76.6. The fourth-order valence-electron chi connectivity index (χ4n) is 4.03. The third-order valence-electron chi connectivity index (χ3n) is 6.26.